The zero-order chi connectivity index (χ0) is 26.1. The average molecular weight is 539 g/mol. The molecule has 0 spiro atoms. The summed E-state index contributed by atoms with van der Waals surface area (Å²) >= 11 is 2.67. The number of aromatic nitrogens is 1. The molecule has 4 heterocycles. The zero-order valence-electron chi connectivity index (χ0n) is 20.5. The average Bonchev–Trinajstić information content (AvgIpc) is 3.52. The standard InChI is InChI=1S/C26H26N4O5S2/c1-3-35-25(32)22-16(2)27-26-29(23(22)20-8-7-13-36-20)24(31)21(37-26)15-17-14-18(30(33)34)9-10-19(17)28-11-5-4-6-12-28/h7-10,13-15,23H,3-6,11-12H2,1-2H3/t23-/m1/s1. The Kier molecular flexibility index (Phi) is 7.07. The summed E-state index contributed by atoms with van der Waals surface area (Å²) in [5.74, 6) is -0.498. The molecule has 2 aliphatic heterocycles. The Morgan fingerprint density at radius 3 is 2.73 bits per heavy atom. The van der Waals surface area contributed by atoms with Gasteiger partial charge in [-0.25, -0.2) is 9.79 Å². The normalized spacial score (nSPS) is 17.9. The molecule has 1 saturated heterocycles. The SMILES string of the molecule is CCOC(=O)C1=C(C)N=c2sc(=Cc3cc([N+](=O)[O-])ccc3N3CCCCC3)c(=O)n2[C@@H]1c1cccs1. The van der Waals surface area contributed by atoms with Gasteiger partial charge in [-0.1, -0.05) is 17.4 Å². The number of nitro groups is 1. The molecule has 0 unspecified atom stereocenters. The van der Waals surface area contributed by atoms with Gasteiger partial charge in [0.1, 0.15) is 6.04 Å². The molecule has 0 radical (unpaired) electrons. The van der Waals surface area contributed by atoms with E-state index in [2.05, 4.69) is 9.89 Å². The number of carbonyl (C=O) groups excluding carboxylic acids is 1. The van der Waals surface area contributed by atoms with E-state index in [-0.39, 0.29) is 17.9 Å². The highest BCUT2D eigenvalue weighted by atomic mass is 32.1. The van der Waals surface area contributed by atoms with Gasteiger partial charge < -0.3 is 9.64 Å². The van der Waals surface area contributed by atoms with E-state index in [4.69, 9.17) is 4.74 Å². The van der Waals surface area contributed by atoms with Gasteiger partial charge in [-0.3, -0.25) is 19.5 Å². The minimum absolute atomic E-state index is 0.0308. The molecule has 2 aromatic heterocycles. The lowest BCUT2D eigenvalue weighted by molar-refractivity contribution is -0.384. The Bertz CT molecular complexity index is 1560. The molecule has 0 saturated carbocycles. The summed E-state index contributed by atoms with van der Waals surface area (Å²) in [6, 6.07) is 7.91. The third-order valence-corrected chi connectivity index (χ3v) is 8.44. The number of benzene rings is 1. The number of carbonyl (C=O) groups is 1. The molecule has 37 heavy (non-hydrogen) atoms. The fourth-order valence-electron chi connectivity index (χ4n) is 4.84. The summed E-state index contributed by atoms with van der Waals surface area (Å²) in [6.45, 7) is 5.42. The van der Waals surface area contributed by atoms with Crippen LogP contribution in [0.2, 0.25) is 0 Å². The van der Waals surface area contributed by atoms with Gasteiger partial charge in [0.25, 0.3) is 11.2 Å². The third kappa shape index (κ3) is 4.76. The van der Waals surface area contributed by atoms with Gasteiger partial charge in [0, 0.05) is 41.4 Å². The van der Waals surface area contributed by atoms with Crippen LogP contribution < -0.4 is 19.8 Å². The van der Waals surface area contributed by atoms with Crippen molar-refractivity contribution in [1.82, 2.24) is 4.57 Å². The number of thiazole rings is 1. The van der Waals surface area contributed by atoms with Crippen molar-refractivity contribution >= 4 is 46.1 Å². The first-order valence-electron chi connectivity index (χ1n) is 12.2. The maximum absolute atomic E-state index is 13.8. The minimum Gasteiger partial charge on any atom is -0.463 e. The van der Waals surface area contributed by atoms with Crippen LogP contribution in [-0.2, 0) is 9.53 Å². The van der Waals surface area contributed by atoms with Crippen LogP contribution in [0.5, 0.6) is 0 Å². The van der Waals surface area contributed by atoms with Crippen molar-refractivity contribution in [3.05, 3.63) is 87.2 Å². The first-order chi connectivity index (χ1) is 17.9. The molecule has 2 aliphatic rings. The number of allylic oxidation sites excluding steroid dienone is 1. The lowest BCUT2D eigenvalue weighted by Gasteiger charge is -2.30. The highest BCUT2D eigenvalue weighted by Gasteiger charge is 2.34. The van der Waals surface area contributed by atoms with Gasteiger partial charge in [-0.15, -0.1) is 11.3 Å². The van der Waals surface area contributed by atoms with Crippen LogP contribution >= 0.6 is 22.7 Å². The summed E-state index contributed by atoms with van der Waals surface area (Å²) < 4.78 is 7.26. The Balaban J connectivity index is 1.70. The van der Waals surface area contributed by atoms with Crippen LogP contribution in [0.25, 0.3) is 6.08 Å². The molecule has 1 atom stereocenters. The van der Waals surface area contributed by atoms with Gasteiger partial charge in [0.15, 0.2) is 4.80 Å². The number of thiophene rings is 1. The predicted octanol–water partition coefficient (Wildman–Crippen LogP) is 3.76. The quantitative estimate of drug-likeness (QED) is 0.269. The number of anilines is 1. The van der Waals surface area contributed by atoms with Crippen molar-refractivity contribution in [2.45, 2.75) is 39.2 Å². The Morgan fingerprint density at radius 1 is 1.27 bits per heavy atom. The van der Waals surface area contributed by atoms with Gasteiger partial charge in [0.05, 0.1) is 27.3 Å². The van der Waals surface area contributed by atoms with E-state index >= 15 is 0 Å². The number of esters is 1. The molecule has 0 aliphatic carbocycles. The van der Waals surface area contributed by atoms with E-state index in [1.165, 1.54) is 34.8 Å². The summed E-state index contributed by atoms with van der Waals surface area (Å²) in [6.07, 6.45) is 4.97. The lowest BCUT2D eigenvalue weighted by atomic mass is 10.0. The Hall–Kier alpha value is -3.57. The monoisotopic (exact) mass is 538 g/mol. The van der Waals surface area contributed by atoms with E-state index in [9.17, 15) is 19.7 Å². The molecule has 0 N–H and O–H groups in total. The zero-order valence-corrected chi connectivity index (χ0v) is 22.1. The van der Waals surface area contributed by atoms with Crippen LogP contribution in [-0.4, -0.2) is 35.2 Å². The summed E-state index contributed by atoms with van der Waals surface area (Å²) in [7, 11) is 0. The second-order valence-corrected chi connectivity index (χ2v) is 10.9. The van der Waals surface area contributed by atoms with Crippen molar-refractivity contribution in [3.63, 3.8) is 0 Å². The number of ether oxygens (including phenoxy) is 1. The van der Waals surface area contributed by atoms with E-state index in [1.54, 1.807) is 30.6 Å². The smallest absolute Gasteiger partial charge is 0.338 e. The van der Waals surface area contributed by atoms with E-state index in [0.717, 1.165) is 42.9 Å². The van der Waals surface area contributed by atoms with Crippen molar-refractivity contribution in [3.8, 4) is 0 Å². The van der Waals surface area contributed by atoms with Crippen molar-refractivity contribution < 1.29 is 14.5 Å². The van der Waals surface area contributed by atoms with Gasteiger partial charge in [0.2, 0.25) is 0 Å². The number of fused-ring (bicyclic) bond motifs is 1. The summed E-state index contributed by atoms with van der Waals surface area (Å²) in [5.41, 5.74) is 2.01. The molecular formula is C26H26N4O5S2. The van der Waals surface area contributed by atoms with Gasteiger partial charge in [-0.2, -0.15) is 0 Å². The lowest BCUT2D eigenvalue weighted by Crippen LogP contribution is -2.39. The van der Waals surface area contributed by atoms with Crippen molar-refractivity contribution in [1.29, 1.82) is 0 Å². The van der Waals surface area contributed by atoms with E-state index in [0.29, 0.717) is 26.2 Å². The second kappa shape index (κ2) is 10.4. The number of piperidine rings is 1. The number of nitro benzene ring substituents is 1. The molecule has 192 valence electrons. The molecule has 3 aromatic rings. The number of non-ortho nitro benzene ring substituents is 1. The maximum Gasteiger partial charge on any atom is 0.338 e. The van der Waals surface area contributed by atoms with E-state index < -0.39 is 16.9 Å². The maximum atomic E-state index is 13.8. The first-order valence-corrected chi connectivity index (χ1v) is 13.8. The predicted molar refractivity (Wildman–Crippen MR) is 144 cm³/mol. The number of nitrogens with zero attached hydrogens (tertiary/aromatic N) is 4. The summed E-state index contributed by atoms with van der Waals surface area (Å²) in [4.78, 5) is 46.0. The Labute approximate surface area is 220 Å². The van der Waals surface area contributed by atoms with Crippen LogP contribution in [0, 0.1) is 10.1 Å². The molecule has 5 rings (SSSR count). The third-order valence-electron chi connectivity index (χ3n) is 6.53. The van der Waals surface area contributed by atoms with Crippen molar-refractivity contribution in [2.75, 3.05) is 24.6 Å². The van der Waals surface area contributed by atoms with Crippen LogP contribution in [0.4, 0.5) is 11.4 Å². The number of rotatable bonds is 6. The molecule has 1 fully saturated rings. The molecule has 9 nitrogen and oxygen atoms in total. The highest BCUT2D eigenvalue weighted by Crippen LogP contribution is 2.33. The molecule has 1 aromatic carbocycles. The number of hydrogen-bond donors (Lipinski definition) is 0. The molecule has 0 bridgehead atoms. The summed E-state index contributed by atoms with van der Waals surface area (Å²) in [5, 5.41) is 13.4. The fourth-order valence-corrected chi connectivity index (χ4v) is 6.70. The van der Waals surface area contributed by atoms with Crippen LogP contribution in [0.3, 0.4) is 0 Å². The molecular weight excluding hydrogens is 512 g/mol. The van der Waals surface area contributed by atoms with E-state index in [1.807, 2.05) is 17.5 Å². The molecule has 0 amide bonds. The minimum atomic E-state index is -0.649. The topological polar surface area (TPSA) is 107 Å². The highest BCUT2D eigenvalue weighted by molar-refractivity contribution is 7.10. The molecule has 11 heteroatoms. The Morgan fingerprint density at radius 2 is 2.05 bits per heavy atom. The largest absolute Gasteiger partial charge is 0.463 e. The first kappa shape index (κ1) is 25.1. The second-order valence-electron chi connectivity index (χ2n) is 8.87. The van der Waals surface area contributed by atoms with Crippen LogP contribution in [0.15, 0.2) is 56.8 Å². The van der Waals surface area contributed by atoms with Crippen molar-refractivity contribution in [2.24, 2.45) is 4.99 Å². The van der Waals surface area contributed by atoms with Crippen LogP contribution in [0.1, 0.15) is 49.6 Å². The fraction of sp³-hybridized carbons (Fsp3) is 0.346. The van der Waals surface area contributed by atoms with Gasteiger partial charge >= 0.3 is 5.97 Å². The van der Waals surface area contributed by atoms with Gasteiger partial charge in [-0.05, 0) is 56.7 Å². The number of hydrogen-bond acceptors (Lipinski definition) is 9.